The highest BCUT2D eigenvalue weighted by atomic mass is 16.6. The van der Waals surface area contributed by atoms with Crippen molar-refractivity contribution in [1.29, 1.82) is 0 Å². The van der Waals surface area contributed by atoms with Gasteiger partial charge in [0, 0.05) is 13.1 Å². The van der Waals surface area contributed by atoms with Crippen molar-refractivity contribution < 1.29 is 9.53 Å². The number of hydrogen-bond acceptors (Lipinski definition) is 3. The van der Waals surface area contributed by atoms with Gasteiger partial charge in [-0.25, -0.2) is 4.79 Å². The predicted octanol–water partition coefficient (Wildman–Crippen LogP) is 1.43. The Labute approximate surface area is 91.1 Å². The van der Waals surface area contributed by atoms with Gasteiger partial charge >= 0.3 is 6.09 Å². The summed E-state index contributed by atoms with van der Waals surface area (Å²) in [6.07, 6.45) is 1.70. The molecule has 0 aliphatic carbocycles. The molecule has 1 heterocycles. The SMILES string of the molecule is CC1=CC(NC(=O)OC(C)(C)C)CNC1. The van der Waals surface area contributed by atoms with Gasteiger partial charge in [-0.1, -0.05) is 11.6 Å². The van der Waals surface area contributed by atoms with E-state index in [-0.39, 0.29) is 12.1 Å². The number of carbonyl (C=O) groups is 1. The first-order valence-electron chi connectivity index (χ1n) is 5.24. The number of hydrogen-bond donors (Lipinski definition) is 2. The Morgan fingerprint density at radius 3 is 2.80 bits per heavy atom. The Balaban J connectivity index is 2.41. The maximum absolute atomic E-state index is 11.4. The molecule has 1 aliphatic rings. The standard InChI is InChI=1S/C11H20N2O2/c1-8-5-9(7-12-6-8)13-10(14)15-11(2,3)4/h5,9,12H,6-7H2,1-4H3,(H,13,14). The van der Waals surface area contributed by atoms with Crippen molar-refractivity contribution in [2.24, 2.45) is 0 Å². The zero-order valence-electron chi connectivity index (χ0n) is 9.89. The van der Waals surface area contributed by atoms with Crippen molar-refractivity contribution in [3.05, 3.63) is 11.6 Å². The minimum absolute atomic E-state index is 0.0357. The van der Waals surface area contributed by atoms with E-state index in [1.54, 1.807) is 0 Å². The van der Waals surface area contributed by atoms with E-state index in [4.69, 9.17) is 4.74 Å². The molecule has 2 N–H and O–H groups in total. The molecule has 0 radical (unpaired) electrons. The molecular weight excluding hydrogens is 192 g/mol. The largest absolute Gasteiger partial charge is 0.444 e. The molecule has 15 heavy (non-hydrogen) atoms. The molecular formula is C11H20N2O2. The second kappa shape index (κ2) is 4.66. The van der Waals surface area contributed by atoms with E-state index in [1.165, 1.54) is 5.57 Å². The Morgan fingerprint density at radius 2 is 2.27 bits per heavy atom. The molecule has 86 valence electrons. The maximum atomic E-state index is 11.4. The third kappa shape index (κ3) is 4.83. The van der Waals surface area contributed by atoms with Gasteiger partial charge in [-0.3, -0.25) is 0 Å². The molecule has 0 aromatic heterocycles. The van der Waals surface area contributed by atoms with Crippen LogP contribution in [0.3, 0.4) is 0 Å². The number of rotatable bonds is 1. The van der Waals surface area contributed by atoms with Gasteiger partial charge in [0.25, 0.3) is 0 Å². The normalized spacial score (nSPS) is 21.9. The van der Waals surface area contributed by atoms with Gasteiger partial charge in [-0.05, 0) is 27.7 Å². The maximum Gasteiger partial charge on any atom is 0.408 e. The van der Waals surface area contributed by atoms with Crippen LogP contribution in [0.25, 0.3) is 0 Å². The number of nitrogens with one attached hydrogen (secondary N) is 2. The van der Waals surface area contributed by atoms with Crippen LogP contribution >= 0.6 is 0 Å². The van der Waals surface area contributed by atoms with Crippen molar-refractivity contribution in [3.8, 4) is 0 Å². The first kappa shape index (κ1) is 12.0. The van der Waals surface area contributed by atoms with Crippen LogP contribution in [0, 0.1) is 0 Å². The lowest BCUT2D eigenvalue weighted by molar-refractivity contribution is 0.0513. The molecule has 1 aliphatic heterocycles. The monoisotopic (exact) mass is 212 g/mol. The fraction of sp³-hybridized carbons (Fsp3) is 0.727. The van der Waals surface area contributed by atoms with Crippen molar-refractivity contribution in [2.45, 2.75) is 39.3 Å². The van der Waals surface area contributed by atoms with Crippen molar-refractivity contribution in [3.63, 3.8) is 0 Å². The van der Waals surface area contributed by atoms with Crippen LogP contribution < -0.4 is 10.6 Å². The fourth-order valence-corrected chi connectivity index (χ4v) is 1.44. The van der Waals surface area contributed by atoms with E-state index in [1.807, 2.05) is 27.7 Å². The highest BCUT2D eigenvalue weighted by Gasteiger charge is 2.19. The summed E-state index contributed by atoms with van der Waals surface area (Å²) in [7, 11) is 0. The minimum Gasteiger partial charge on any atom is -0.444 e. The van der Waals surface area contributed by atoms with Crippen LogP contribution in [0.15, 0.2) is 11.6 Å². The van der Waals surface area contributed by atoms with Gasteiger partial charge in [0.15, 0.2) is 0 Å². The number of amides is 1. The summed E-state index contributed by atoms with van der Waals surface area (Å²) in [5.74, 6) is 0. The van der Waals surface area contributed by atoms with E-state index < -0.39 is 5.60 Å². The molecule has 0 saturated carbocycles. The zero-order valence-corrected chi connectivity index (χ0v) is 9.89. The second-order valence-corrected chi connectivity index (χ2v) is 4.90. The number of alkyl carbamates (subject to hydrolysis) is 1. The summed E-state index contributed by atoms with van der Waals surface area (Å²) >= 11 is 0. The third-order valence-corrected chi connectivity index (χ3v) is 1.96. The van der Waals surface area contributed by atoms with E-state index >= 15 is 0 Å². The summed E-state index contributed by atoms with van der Waals surface area (Å²) < 4.78 is 5.17. The van der Waals surface area contributed by atoms with Crippen LogP contribution in [-0.2, 0) is 4.74 Å². The lowest BCUT2D eigenvalue weighted by Gasteiger charge is -2.25. The summed E-state index contributed by atoms with van der Waals surface area (Å²) in [5.41, 5.74) is 0.799. The van der Waals surface area contributed by atoms with E-state index in [2.05, 4.69) is 16.7 Å². The molecule has 1 atom stereocenters. The van der Waals surface area contributed by atoms with Gasteiger partial charge in [-0.2, -0.15) is 0 Å². The van der Waals surface area contributed by atoms with Crippen molar-refractivity contribution >= 4 is 6.09 Å². The van der Waals surface area contributed by atoms with E-state index in [0.29, 0.717) is 0 Å². The third-order valence-electron chi connectivity index (χ3n) is 1.96. The average Bonchev–Trinajstić information content (AvgIpc) is 1.99. The molecule has 0 fully saturated rings. The molecule has 4 nitrogen and oxygen atoms in total. The highest BCUT2D eigenvalue weighted by molar-refractivity contribution is 5.68. The van der Waals surface area contributed by atoms with Crippen LogP contribution in [0.5, 0.6) is 0 Å². The first-order chi connectivity index (χ1) is 6.87. The van der Waals surface area contributed by atoms with E-state index in [9.17, 15) is 4.79 Å². The van der Waals surface area contributed by atoms with E-state index in [0.717, 1.165) is 13.1 Å². The topological polar surface area (TPSA) is 50.4 Å². The second-order valence-electron chi connectivity index (χ2n) is 4.90. The predicted molar refractivity (Wildman–Crippen MR) is 59.8 cm³/mol. The minimum atomic E-state index is -0.440. The number of carbonyl (C=O) groups excluding carboxylic acids is 1. The molecule has 1 amide bonds. The van der Waals surface area contributed by atoms with Crippen molar-refractivity contribution in [1.82, 2.24) is 10.6 Å². The van der Waals surface area contributed by atoms with Crippen LogP contribution in [-0.4, -0.2) is 30.8 Å². The summed E-state index contributed by atoms with van der Waals surface area (Å²) in [6, 6.07) is 0.0357. The van der Waals surface area contributed by atoms with Crippen LogP contribution in [0.1, 0.15) is 27.7 Å². The van der Waals surface area contributed by atoms with Crippen LogP contribution in [0.2, 0.25) is 0 Å². The lowest BCUT2D eigenvalue weighted by atomic mass is 10.1. The smallest absolute Gasteiger partial charge is 0.408 e. The molecule has 0 bridgehead atoms. The lowest BCUT2D eigenvalue weighted by Crippen LogP contribution is -2.45. The molecule has 0 aromatic carbocycles. The van der Waals surface area contributed by atoms with Gasteiger partial charge in [-0.15, -0.1) is 0 Å². The number of ether oxygens (including phenoxy) is 1. The molecule has 1 rings (SSSR count). The summed E-state index contributed by atoms with van der Waals surface area (Å²) in [4.78, 5) is 11.4. The van der Waals surface area contributed by atoms with Gasteiger partial charge in [0.1, 0.15) is 5.60 Å². The molecule has 0 spiro atoms. The van der Waals surface area contributed by atoms with Gasteiger partial charge in [0.05, 0.1) is 6.04 Å². The molecule has 0 aromatic rings. The zero-order chi connectivity index (χ0) is 11.5. The molecule has 4 heteroatoms. The Hall–Kier alpha value is -1.03. The van der Waals surface area contributed by atoms with Crippen LogP contribution in [0.4, 0.5) is 4.79 Å². The Kier molecular flexibility index (Phi) is 3.74. The Bertz CT molecular complexity index is 266. The van der Waals surface area contributed by atoms with Gasteiger partial charge in [0.2, 0.25) is 0 Å². The fourth-order valence-electron chi connectivity index (χ4n) is 1.44. The highest BCUT2D eigenvalue weighted by Crippen LogP contribution is 2.07. The summed E-state index contributed by atoms with van der Waals surface area (Å²) in [6.45, 7) is 9.26. The average molecular weight is 212 g/mol. The molecule has 0 saturated heterocycles. The molecule has 1 unspecified atom stereocenters. The Morgan fingerprint density at radius 1 is 1.60 bits per heavy atom. The quantitative estimate of drug-likeness (QED) is 0.646. The van der Waals surface area contributed by atoms with Crippen molar-refractivity contribution in [2.75, 3.05) is 13.1 Å². The van der Waals surface area contributed by atoms with Gasteiger partial charge < -0.3 is 15.4 Å². The first-order valence-corrected chi connectivity index (χ1v) is 5.24. The summed E-state index contributed by atoms with van der Waals surface area (Å²) in [5, 5.41) is 6.02.